The number of aromatic nitrogens is 6. The zero-order valence-electron chi connectivity index (χ0n) is 21.9. The van der Waals surface area contributed by atoms with Crippen molar-refractivity contribution in [3.05, 3.63) is 36.4 Å². The Morgan fingerprint density at radius 3 is 2.65 bits per heavy atom. The van der Waals surface area contributed by atoms with Gasteiger partial charge in [0, 0.05) is 19.7 Å². The van der Waals surface area contributed by atoms with E-state index in [1.54, 1.807) is 36.0 Å². The smallest absolute Gasteiger partial charge is 0.256 e. The molecule has 0 aliphatic carbocycles. The number of aryl methyl sites for hydroxylation is 1. The molecule has 4 aromatic rings. The highest BCUT2D eigenvalue weighted by molar-refractivity contribution is 5.82. The number of ether oxygens (including phenoxy) is 1. The number of hydrogen-bond donors (Lipinski definition) is 1. The normalized spacial score (nSPS) is 18.3. The van der Waals surface area contributed by atoms with E-state index in [-0.39, 0.29) is 7.37 Å². The van der Waals surface area contributed by atoms with Crippen LogP contribution in [0.2, 0.25) is 0 Å². The summed E-state index contributed by atoms with van der Waals surface area (Å²) in [7, 11) is 0. The number of rotatable bonds is 4. The minimum atomic E-state index is -2.47. The number of halogens is 2. The van der Waals surface area contributed by atoms with Gasteiger partial charge in [-0.1, -0.05) is 20.8 Å². The monoisotopic (exact) mass is 516 g/mol. The quantitative estimate of drug-likeness (QED) is 0.420. The average Bonchev–Trinajstić information content (AvgIpc) is 3.39. The number of nitrogen functional groups attached to an aromatic ring is 1. The van der Waals surface area contributed by atoms with Crippen LogP contribution in [-0.2, 0) is 11.3 Å². The Morgan fingerprint density at radius 2 is 1.97 bits per heavy atom. The number of pyridine rings is 1. The van der Waals surface area contributed by atoms with E-state index in [0.717, 1.165) is 36.3 Å². The molecule has 0 aromatic carbocycles. The molecule has 6 rings (SSSR count). The van der Waals surface area contributed by atoms with E-state index in [1.165, 1.54) is 30.5 Å². The Hall–Kier alpha value is -3.18. The number of anilines is 1. The minimum Gasteiger partial charge on any atom is -0.378 e. The zero-order valence-corrected chi connectivity index (χ0v) is 21.9. The van der Waals surface area contributed by atoms with Gasteiger partial charge in [0.1, 0.15) is 11.3 Å². The maximum atomic E-state index is 12.8. The van der Waals surface area contributed by atoms with E-state index < -0.39 is 13.0 Å². The van der Waals surface area contributed by atoms with E-state index in [9.17, 15) is 8.78 Å². The summed E-state index contributed by atoms with van der Waals surface area (Å²) >= 11 is 0. The molecule has 2 N–H and O–H groups in total. The van der Waals surface area contributed by atoms with Crippen LogP contribution >= 0.6 is 0 Å². The van der Waals surface area contributed by atoms with Crippen LogP contribution in [0.3, 0.4) is 0 Å². The van der Waals surface area contributed by atoms with Gasteiger partial charge in [0.05, 0.1) is 43.2 Å². The van der Waals surface area contributed by atoms with Crippen molar-refractivity contribution in [2.45, 2.75) is 59.5 Å². The van der Waals surface area contributed by atoms with Crippen molar-refractivity contribution in [2.24, 2.45) is 5.92 Å². The van der Waals surface area contributed by atoms with Crippen LogP contribution in [0.4, 0.5) is 14.7 Å². The Kier molecular flexibility index (Phi) is 8.65. The van der Waals surface area contributed by atoms with Crippen molar-refractivity contribution >= 4 is 22.6 Å². The van der Waals surface area contributed by atoms with E-state index >= 15 is 0 Å². The molecule has 0 radical (unpaired) electrons. The molecule has 4 aromatic heterocycles. The van der Waals surface area contributed by atoms with Crippen LogP contribution in [-0.4, -0.2) is 72.8 Å². The van der Waals surface area contributed by atoms with Gasteiger partial charge in [-0.25, -0.2) is 28.2 Å². The fraction of sp³-hybridized carbons (Fsp3) is 0.538. The topological polar surface area (TPSA) is 99.4 Å². The molecule has 6 heterocycles. The Balaban J connectivity index is 0.000000240. The summed E-state index contributed by atoms with van der Waals surface area (Å²) in [6, 6.07) is 6.16. The van der Waals surface area contributed by atoms with E-state index in [1.807, 2.05) is 19.9 Å². The van der Waals surface area contributed by atoms with Gasteiger partial charge in [0.2, 0.25) is 5.95 Å². The van der Waals surface area contributed by atoms with Crippen LogP contribution in [0.25, 0.3) is 27.9 Å². The maximum Gasteiger partial charge on any atom is 0.256 e. The van der Waals surface area contributed by atoms with Crippen LogP contribution < -0.4 is 5.73 Å². The third kappa shape index (κ3) is 6.04. The molecule has 0 bridgehead atoms. The number of fused-ring (bicyclic) bond motifs is 2. The van der Waals surface area contributed by atoms with Gasteiger partial charge in [0.25, 0.3) is 6.43 Å². The van der Waals surface area contributed by atoms with Gasteiger partial charge in [-0.3, -0.25) is 4.90 Å². The number of imidazole rings is 1. The molecular weight excluding hydrogens is 478 g/mol. The molecule has 37 heavy (non-hydrogen) atoms. The lowest BCUT2D eigenvalue weighted by Gasteiger charge is -2.41. The van der Waals surface area contributed by atoms with Crippen molar-refractivity contribution in [3.8, 4) is 11.3 Å². The second-order valence-corrected chi connectivity index (χ2v) is 9.31. The standard InChI is InChI=1S/C15H13F2N7.C9H17NO.C2H6.H2/c1-8-20-11-3-2-10(21-14(11)23(8)7-13(16)17)9-4-5-24-12(9)6-19-15(18)22-24;1-8-3-2-4-10(5-8)9-6-11-7-9;1-2;/h2-6,13H,7H2,1H3,(H2,18,22);8-9H,2-7H2,1H3;1-2H3;1H/t;8-;;/m.0../s1. The highest BCUT2D eigenvalue weighted by Crippen LogP contribution is 2.26. The number of nitrogens with zero attached hydrogens (tertiary/aromatic N) is 7. The largest absolute Gasteiger partial charge is 0.378 e. The van der Waals surface area contributed by atoms with Gasteiger partial charge in [0.15, 0.2) is 5.65 Å². The minimum absolute atomic E-state index is 0. The summed E-state index contributed by atoms with van der Waals surface area (Å²) in [4.78, 5) is 15.4. The maximum absolute atomic E-state index is 12.8. The van der Waals surface area contributed by atoms with Crippen molar-refractivity contribution in [1.82, 2.24) is 34.0 Å². The predicted octanol–water partition coefficient (Wildman–Crippen LogP) is 4.69. The number of nitrogens with two attached hydrogens (primary N) is 1. The molecule has 0 unspecified atom stereocenters. The van der Waals surface area contributed by atoms with Crippen molar-refractivity contribution in [1.29, 1.82) is 0 Å². The summed E-state index contributed by atoms with van der Waals surface area (Å²) in [5.41, 5.74) is 8.74. The lowest BCUT2D eigenvalue weighted by atomic mass is 9.98. The van der Waals surface area contributed by atoms with Gasteiger partial charge in [-0.15, -0.1) is 5.10 Å². The summed E-state index contributed by atoms with van der Waals surface area (Å²) in [5, 5.41) is 4.08. The highest BCUT2D eigenvalue weighted by atomic mass is 19.3. The average molecular weight is 517 g/mol. The van der Waals surface area contributed by atoms with Crippen LogP contribution in [0, 0.1) is 12.8 Å². The molecule has 11 heteroatoms. The first-order valence-corrected chi connectivity index (χ1v) is 12.9. The lowest BCUT2D eigenvalue weighted by Crippen LogP contribution is -2.52. The third-order valence-corrected chi connectivity index (χ3v) is 6.64. The first kappa shape index (κ1) is 26.9. The fourth-order valence-electron chi connectivity index (χ4n) is 4.74. The number of likely N-dealkylation sites (tertiary alicyclic amines) is 1. The predicted molar refractivity (Wildman–Crippen MR) is 143 cm³/mol. The lowest BCUT2D eigenvalue weighted by molar-refractivity contribution is -0.0752. The van der Waals surface area contributed by atoms with E-state index in [4.69, 9.17) is 10.5 Å². The van der Waals surface area contributed by atoms with E-state index in [0.29, 0.717) is 22.7 Å². The molecular formula is C26H38F2N8O. The van der Waals surface area contributed by atoms with Crippen LogP contribution in [0.15, 0.2) is 30.6 Å². The SMILES string of the molecule is CC.C[C@H]1CCCN(C2COC2)C1.Cc1nc2ccc(-c3ccn4nc(N)ncc34)nc2n1CC(F)F.[HH]. The second-order valence-electron chi connectivity index (χ2n) is 9.31. The highest BCUT2D eigenvalue weighted by Gasteiger charge is 2.28. The summed E-state index contributed by atoms with van der Waals surface area (Å²) in [5.74, 6) is 1.58. The Bertz CT molecular complexity index is 1320. The zero-order chi connectivity index (χ0) is 26.5. The van der Waals surface area contributed by atoms with Crippen LogP contribution in [0.1, 0.15) is 40.9 Å². The molecule has 202 valence electrons. The van der Waals surface area contributed by atoms with Gasteiger partial charge in [-0.05, 0) is 50.4 Å². The molecule has 0 spiro atoms. The van der Waals surface area contributed by atoms with Gasteiger partial charge in [-0.2, -0.15) is 0 Å². The number of piperidine rings is 1. The summed E-state index contributed by atoms with van der Waals surface area (Å²) in [6.45, 7) is 12.2. The summed E-state index contributed by atoms with van der Waals surface area (Å²) in [6.07, 6.45) is 3.68. The molecule has 0 saturated carbocycles. The molecule has 2 aliphatic rings. The molecule has 2 saturated heterocycles. The summed E-state index contributed by atoms with van der Waals surface area (Å²) < 4.78 is 33.8. The van der Waals surface area contributed by atoms with Crippen molar-refractivity contribution in [2.75, 3.05) is 32.0 Å². The molecule has 2 fully saturated rings. The molecule has 2 aliphatic heterocycles. The van der Waals surface area contributed by atoms with Crippen molar-refractivity contribution in [3.63, 3.8) is 0 Å². The van der Waals surface area contributed by atoms with Crippen molar-refractivity contribution < 1.29 is 14.9 Å². The Labute approximate surface area is 217 Å². The fourth-order valence-corrected chi connectivity index (χ4v) is 4.74. The van der Waals surface area contributed by atoms with Gasteiger partial charge >= 0.3 is 0 Å². The number of alkyl halides is 2. The molecule has 9 nitrogen and oxygen atoms in total. The van der Waals surface area contributed by atoms with Crippen LogP contribution in [0.5, 0.6) is 0 Å². The number of hydrogen-bond acceptors (Lipinski definition) is 7. The molecule has 1 atom stereocenters. The first-order valence-electron chi connectivity index (χ1n) is 12.9. The Morgan fingerprint density at radius 1 is 1.19 bits per heavy atom. The van der Waals surface area contributed by atoms with Gasteiger partial charge < -0.3 is 15.0 Å². The first-order chi connectivity index (χ1) is 17.9. The third-order valence-electron chi connectivity index (χ3n) is 6.64. The second kappa shape index (κ2) is 11.9. The van der Waals surface area contributed by atoms with E-state index in [2.05, 4.69) is 31.9 Å². The molecule has 0 amide bonds.